The van der Waals surface area contributed by atoms with Crippen LogP contribution in [0, 0.1) is 0 Å². The summed E-state index contributed by atoms with van der Waals surface area (Å²) < 4.78 is 12.6. The largest absolute Gasteiger partial charge is 0.480 e. The van der Waals surface area contributed by atoms with Crippen LogP contribution in [0.1, 0.15) is 12.6 Å². The molecule has 2 atom stereocenters. The van der Waals surface area contributed by atoms with Crippen molar-refractivity contribution >= 4 is 38.6 Å². The number of carboxylic acid groups (broad SMARTS) is 1. The number of carbonyl (C=O) groups is 2. The maximum Gasteiger partial charge on any atom is 0.327 e. The van der Waals surface area contributed by atoms with E-state index in [-0.39, 0.29) is 11.5 Å². The number of aliphatic carboxylic acids is 1. The molecule has 1 aromatic heterocycles. The topological polar surface area (TPSA) is 96.4 Å². The molecule has 0 fully saturated rings. The third-order valence-electron chi connectivity index (χ3n) is 2.13. The Balaban J connectivity index is 2.59. The Hall–Kier alpha value is -1.28. The Morgan fingerprint density at radius 1 is 1.53 bits per heavy atom. The second-order valence-corrected chi connectivity index (χ2v) is 6.23. The van der Waals surface area contributed by atoms with Crippen molar-refractivity contribution < 1.29 is 18.9 Å². The number of rotatable bonds is 6. The molecule has 0 aliphatic carbocycles. The van der Waals surface area contributed by atoms with Gasteiger partial charge in [0.25, 0.3) is 0 Å². The summed E-state index contributed by atoms with van der Waals surface area (Å²) in [5.74, 6) is -1.66. The van der Waals surface area contributed by atoms with Crippen molar-refractivity contribution in [2.45, 2.75) is 18.7 Å². The van der Waals surface area contributed by atoms with Gasteiger partial charge in [-0.3, -0.25) is 14.0 Å². The van der Waals surface area contributed by atoms with Crippen LogP contribution in [-0.4, -0.2) is 38.0 Å². The molecule has 8 heteroatoms. The molecule has 1 amide bonds. The lowest BCUT2D eigenvalue weighted by Crippen LogP contribution is -2.43. The third kappa shape index (κ3) is 5.93. The molecule has 0 radical (unpaired) electrons. The fraction of sp³-hybridized carbons (Fsp3) is 0.364. The monoisotopic (exact) mass is 348 g/mol. The van der Waals surface area contributed by atoms with E-state index in [1.807, 2.05) is 0 Å². The number of amides is 1. The Morgan fingerprint density at radius 3 is 2.68 bits per heavy atom. The molecule has 0 saturated carbocycles. The Kier molecular flexibility index (Phi) is 6.10. The van der Waals surface area contributed by atoms with Crippen LogP contribution >= 0.6 is 15.9 Å². The summed E-state index contributed by atoms with van der Waals surface area (Å²) in [5.41, 5.74) is 0.605. The highest BCUT2D eigenvalue weighted by atomic mass is 79.9. The minimum atomic E-state index is -1.42. The van der Waals surface area contributed by atoms with Crippen molar-refractivity contribution in [3.05, 3.63) is 28.5 Å². The number of pyridine rings is 1. The summed E-state index contributed by atoms with van der Waals surface area (Å²) in [6.45, 7) is 1.22. The van der Waals surface area contributed by atoms with Gasteiger partial charge in [-0.1, -0.05) is 0 Å². The second-order valence-electron chi connectivity index (χ2n) is 3.81. The average molecular weight is 349 g/mol. The zero-order chi connectivity index (χ0) is 14.4. The molecule has 104 valence electrons. The van der Waals surface area contributed by atoms with E-state index in [2.05, 4.69) is 26.2 Å². The lowest BCUT2D eigenvalue weighted by molar-refractivity contribution is -0.140. The first-order valence-electron chi connectivity index (χ1n) is 5.34. The molecule has 1 unspecified atom stereocenters. The standard InChI is InChI=1S/C11H13BrN2O4S/c1-7(15)14-10(11(16)17)6-19(18)5-9-3-2-8(12)4-13-9/h2-4,10H,5-6H2,1H3,(H,14,15)(H,16,17)/t10-,19?/m0/s1. The number of hydrogen-bond donors (Lipinski definition) is 2. The van der Waals surface area contributed by atoms with Gasteiger partial charge in [0.1, 0.15) is 6.04 Å². The number of carbonyl (C=O) groups excluding carboxylic acids is 1. The third-order valence-corrected chi connectivity index (χ3v) is 3.92. The van der Waals surface area contributed by atoms with E-state index < -0.39 is 28.7 Å². The van der Waals surface area contributed by atoms with Crippen LogP contribution in [0.5, 0.6) is 0 Å². The van der Waals surface area contributed by atoms with Gasteiger partial charge in [0.2, 0.25) is 5.91 Å². The molecule has 2 N–H and O–H groups in total. The van der Waals surface area contributed by atoms with Crippen LogP contribution < -0.4 is 5.32 Å². The van der Waals surface area contributed by atoms with Crippen LogP contribution in [-0.2, 0) is 26.1 Å². The SMILES string of the molecule is CC(=O)N[C@@H](CS(=O)Cc1ccc(Br)cn1)C(=O)O. The molecular weight excluding hydrogens is 336 g/mol. The number of halogens is 1. The quantitative estimate of drug-likeness (QED) is 0.787. The highest BCUT2D eigenvalue weighted by Crippen LogP contribution is 2.09. The predicted molar refractivity (Wildman–Crippen MR) is 73.9 cm³/mol. The van der Waals surface area contributed by atoms with Crippen LogP contribution in [0.3, 0.4) is 0 Å². The van der Waals surface area contributed by atoms with Crippen LogP contribution in [0.15, 0.2) is 22.8 Å². The summed E-state index contributed by atoms with van der Waals surface area (Å²) in [5, 5.41) is 11.1. The maximum atomic E-state index is 11.8. The zero-order valence-corrected chi connectivity index (χ0v) is 12.5. The van der Waals surface area contributed by atoms with Gasteiger partial charge in [0.05, 0.1) is 17.2 Å². The van der Waals surface area contributed by atoms with Crippen LogP contribution in [0.2, 0.25) is 0 Å². The van der Waals surface area contributed by atoms with Crippen molar-refractivity contribution in [3.63, 3.8) is 0 Å². The fourth-order valence-corrected chi connectivity index (χ4v) is 2.77. The zero-order valence-electron chi connectivity index (χ0n) is 10.1. The summed E-state index contributed by atoms with van der Waals surface area (Å²) in [4.78, 5) is 25.8. The Labute approximate surface area is 121 Å². The van der Waals surface area contributed by atoms with E-state index in [0.29, 0.717) is 5.69 Å². The summed E-state index contributed by atoms with van der Waals surface area (Å²) in [6.07, 6.45) is 1.58. The first-order chi connectivity index (χ1) is 8.88. The molecule has 1 aromatic rings. The molecule has 19 heavy (non-hydrogen) atoms. The lowest BCUT2D eigenvalue weighted by atomic mass is 10.3. The minimum absolute atomic E-state index is 0.146. The first kappa shape index (κ1) is 15.8. The van der Waals surface area contributed by atoms with Crippen LogP contribution in [0.4, 0.5) is 0 Å². The summed E-state index contributed by atoms with van der Waals surface area (Å²) in [7, 11) is -1.42. The molecule has 1 heterocycles. The summed E-state index contributed by atoms with van der Waals surface area (Å²) >= 11 is 3.23. The van der Waals surface area contributed by atoms with E-state index >= 15 is 0 Å². The normalized spacial score (nSPS) is 13.6. The molecule has 0 bridgehead atoms. The number of nitrogens with zero attached hydrogens (tertiary/aromatic N) is 1. The van der Waals surface area contributed by atoms with E-state index in [0.717, 1.165) is 4.47 Å². The number of hydrogen-bond acceptors (Lipinski definition) is 4. The number of carboxylic acids is 1. The average Bonchev–Trinajstić information content (AvgIpc) is 2.30. The van der Waals surface area contributed by atoms with E-state index in [9.17, 15) is 13.8 Å². The van der Waals surface area contributed by atoms with Crippen molar-refractivity contribution in [2.24, 2.45) is 0 Å². The van der Waals surface area contributed by atoms with Crippen molar-refractivity contribution in [2.75, 3.05) is 5.75 Å². The molecule has 0 aliphatic heterocycles. The molecule has 0 spiro atoms. The Morgan fingerprint density at radius 2 is 2.21 bits per heavy atom. The molecule has 6 nitrogen and oxygen atoms in total. The molecule has 0 aromatic carbocycles. The molecule has 0 saturated heterocycles. The Bertz CT molecular complexity index is 492. The first-order valence-corrected chi connectivity index (χ1v) is 7.62. The van der Waals surface area contributed by atoms with Gasteiger partial charge in [0.15, 0.2) is 0 Å². The van der Waals surface area contributed by atoms with E-state index in [1.54, 1.807) is 18.3 Å². The van der Waals surface area contributed by atoms with Gasteiger partial charge in [-0.15, -0.1) is 0 Å². The van der Waals surface area contributed by atoms with E-state index in [4.69, 9.17) is 5.11 Å². The van der Waals surface area contributed by atoms with E-state index in [1.165, 1.54) is 6.92 Å². The van der Waals surface area contributed by atoms with Gasteiger partial charge in [-0.2, -0.15) is 0 Å². The van der Waals surface area contributed by atoms with Crippen molar-refractivity contribution in [3.8, 4) is 0 Å². The van der Waals surface area contributed by atoms with Gasteiger partial charge >= 0.3 is 5.97 Å². The van der Waals surface area contributed by atoms with Gasteiger partial charge in [-0.05, 0) is 28.1 Å². The number of aromatic nitrogens is 1. The van der Waals surface area contributed by atoms with Gasteiger partial charge in [0, 0.05) is 28.4 Å². The van der Waals surface area contributed by atoms with Gasteiger partial charge < -0.3 is 10.4 Å². The molecule has 0 aliphatic rings. The second kappa shape index (κ2) is 7.34. The van der Waals surface area contributed by atoms with Crippen LogP contribution in [0.25, 0.3) is 0 Å². The molecule has 1 rings (SSSR count). The van der Waals surface area contributed by atoms with Crippen molar-refractivity contribution in [1.82, 2.24) is 10.3 Å². The fourth-order valence-electron chi connectivity index (χ4n) is 1.32. The van der Waals surface area contributed by atoms with Crippen molar-refractivity contribution in [1.29, 1.82) is 0 Å². The lowest BCUT2D eigenvalue weighted by Gasteiger charge is -2.12. The number of nitrogens with one attached hydrogen (secondary N) is 1. The highest BCUT2D eigenvalue weighted by Gasteiger charge is 2.21. The maximum absolute atomic E-state index is 11.8. The predicted octanol–water partition coefficient (Wildman–Crippen LogP) is 0.682. The van der Waals surface area contributed by atoms with Gasteiger partial charge in [-0.25, -0.2) is 4.79 Å². The minimum Gasteiger partial charge on any atom is -0.480 e. The smallest absolute Gasteiger partial charge is 0.327 e. The summed E-state index contributed by atoms with van der Waals surface area (Å²) in [6, 6.07) is 2.33. The highest BCUT2D eigenvalue weighted by molar-refractivity contribution is 9.10. The molecular formula is C11H13BrN2O4S.